The lowest BCUT2D eigenvalue weighted by atomic mass is 10.0. The fourth-order valence-corrected chi connectivity index (χ4v) is 3.18. The maximum absolute atomic E-state index is 12.3. The molecule has 2 aliphatic heterocycles. The van der Waals surface area contributed by atoms with Gasteiger partial charge in [-0.3, -0.25) is 9.69 Å². The minimum absolute atomic E-state index is 0.134. The molecule has 0 aromatic rings. The Morgan fingerprint density at radius 3 is 2.40 bits per heavy atom. The van der Waals surface area contributed by atoms with Crippen molar-refractivity contribution in [3.8, 4) is 0 Å². The van der Waals surface area contributed by atoms with Crippen LogP contribution in [0, 0.1) is 5.92 Å². The molecule has 0 aromatic heterocycles. The van der Waals surface area contributed by atoms with E-state index in [9.17, 15) is 4.79 Å². The van der Waals surface area contributed by atoms with Crippen LogP contribution in [0.1, 0.15) is 27.2 Å². The number of nitrogens with zero attached hydrogens (tertiary/aromatic N) is 3. The van der Waals surface area contributed by atoms with Crippen LogP contribution in [0.5, 0.6) is 0 Å². The molecule has 0 bridgehead atoms. The highest BCUT2D eigenvalue weighted by Crippen LogP contribution is 2.19. The Balaban J connectivity index is 1.82. The summed E-state index contributed by atoms with van der Waals surface area (Å²) in [6, 6.07) is 0.197. The largest absolute Gasteiger partial charge is 0.340 e. The third-order valence-electron chi connectivity index (χ3n) is 4.85. The molecule has 20 heavy (non-hydrogen) atoms. The van der Waals surface area contributed by atoms with Crippen LogP contribution in [-0.2, 0) is 4.79 Å². The summed E-state index contributed by atoms with van der Waals surface area (Å²) in [5.74, 6) is 0.351. The summed E-state index contributed by atoms with van der Waals surface area (Å²) < 4.78 is 0. The molecule has 1 unspecified atom stereocenters. The highest BCUT2D eigenvalue weighted by Gasteiger charge is 2.34. The zero-order valence-electron chi connectivity index (χ0n) is 13.2. The van der Waals surface area contributed by atoms with Gasteiger partial charge in [0.2, 0.25) is 5.91 Å². The van der Waals surface area contributed by atoms with E-state index in [-0.39, 0.29) is 17.9 Å². The predicted molar refractivity (Wildman–Crippen MR) is 81.5 cm³/mol. The first-order chi connectivity index (χ1) is 9.52. The topological polar surface area (TPSA) is 52.8 Å². The van der Waals surface area contributed by atoms with Crippen molar-refractivity contribution in [3.05, 3.63) is 0 Å². The molecule has 0 saturated carbocycles. The molecular formula is C15H30N4O. The quantitative estimate of drug-likeness (QED) is 0.801. The summed E-state index contributed by atoms with van der Waals surface area (Å²) in [6.45, 7) is 13.7. The lowest BCUT2D eigenvalue weighted by Crippen LogP contribution is -2.52. The third kappa shape index (κ3) is 3.51. The predicted octanol–water partition coefficient (Wildman–Crippen LogP) is 0.208. The fraction of sp³-hybridized carbons (Fsp3) is 0.933. The van der Waals surface area contributed by atoms with Gasteiger partial charge in [-0.1, -0.05) is 20.8 Å². The monoisotopic (exact) mass is 282 g/mol. The van der Waals surface area contributed by atoms with Gasteiger partial charge in [0.1, 0.15) is 0 Å². The van der Waals surface area contributed by atoms with E-state index < -0.39 is 0 Å². The van der Waals surface area contributed by atoms with Gasteiger partial charge in [-0.25, -0.2) is 0 Å². The summed E-state index contributed by atoms with van der Waals surface area (Å²) >= 11 is 0. The van der Waals surface area contributed by atoms with Crippen LogP contribution in [0.25, 0.3) is 0 Å². The molecule has 0 spiro atoms. The minimum atomic E-state index is -0.342. The summed E-state index contributed by atoms with van der Waals surface area (Å²) in [5, 5.41) is 0. The number of amides is 1. The maximum Gasteiger partial charge on any atom is 0.239 e. The molecule has 5 heteroatoms. The smallest absolute Gasteiger partial charge is 0.239 e. The summed E-state index contributed by atoms with van der Waals surface area (Å²) in [6.07, 6.45) is 1.10. The zero-order valence-corrected chi connectivity index (χ0v) is 13.2. The standard InChI is InChI=1S/C15H30N4O/c1-4-17-7-9-18(10-8-17)13-5-6-19(11-13)15(20)14(16)12(2)3/h12-14H,4-11,16H2,1-3H3/t13?,14-/m0/s1. The van der Waals surface area contributed by atoms with Crippen molar-refractivity contribution >= 4 is 5.91 Å². The summed E-state index contributed by atoms with van der Waals surface area (Å²) in [5.41, 5.74) is 5.99. The first-order valence-electron chi connectivity index (χ1n) is 8.03. The van der Waals surface area contributed by atoms with Crippen LogP contribution in [0.15, 0.2) is 0 Å². The number of carbonyl (C=O) groups excluding carboxylic acids is 1. The third-order valence-corrected chi connectivity index (χ3v) is 4.85. The van der Waals surface area contributed by atoms with Gasteiger partial charge < -0.3 is 15.5 Å². The van der Waals surface area contributed by atoms with Crippen LogP contribution in [-0.4, -0.2) is 78.5 Å². The number of hydrogen-bond acceptors (Lipinski definition) is 4. The normalized spacial score (nSPS) is 27.2. The molecular weight excluding hydrogens is 252 g/mol. The molecule has 5 nitrogen and oxygen atoms in total. The molecule has 116 valence electrons. The first-order valence-corrected chi connectivity index (χ1v) is 8.03. The Hall–Kier alpha value is -0.650. The Morgan fingerprint density at radius 2 is 1.85 bits per heavy atom. The van der Waals surface area contributed by atoms with Crippen molar-refractivity contribution in [2.24, 2.45) is 11.7 Å². The van der Waals surface area contributed by atoms with E-state index in [0.717, 1.165) is 52.2 Å². The Bertz CT molecular complexity index is 326. The van der Waals surface area contributed by atoms with E-state index >= 15 is 0 Å². The molecule has 2 N–H and O–H groups in total. The van der Waals surface area contributed by atoms with Crippen molar-refractivity contribution in [2.45, 2.75) is 39.3 Å². The van der Waals surface area contributed by atoms with Gasteiger partial charge in [-0.2, -0.15) is 0 Å². The number of rotatable bonds is 4. The van der Waals surface area contributed by atoms with E-state index in [0.29, 0.717) is 6.04 Å². The zero-order chi connectivity index (χ0) is 14.7. The summed E-state index contributed by atoms with van der Waals surface area (Å²) in [4.78, 5) is 19.3. The highest BCUT2D eigenvalue weighted by atomic mass is 16.2. The number of carbonyl (C=O) groups is 1. The lowest BCUT2D eigenvalue weighted by molar-refractivity contribution is -0.132. The van der Waals surface area contributed by atoms with Crippen LogP contribution < -0.4 is 5.73 Å². The van der Waals surface area contributed by atoms with E-state index in [2.05, 4.69) is 16.7 Å². The molecule has 0 radical (unpaired) electrons. The number of hydrogen-bond donors (Lipinski definition) is 1. The van der Waals surface area contributed by atoms with E-state index in [1.165, 1.54) is 0 Å². The average Bonchev–Trinajstić information content (AvgIpc) is 2.95. The van der Waals surface area contributed by atoms with Gasteiger partial charge in [-0.05, 0) is 18.9 Å². The Kier molecular flexibility index (Phi) is 5.41. The van der Waals surface area contributed by atoms with Gasteiger partial charge >= 0.3 is 0 Å². The van der Waals surface area contributed by atoms with Gasteiger partial charge in [0.25, 0.3) is 0 Å². The van der Waals surface area contributed by atoms with Gasteiger partial charge in [0.05, 0.1) is 6.04 Å². The number of nitrogens with two attached hydrogens (primary N) is 1. The van der Waals surface area contributed by atoms with E-state index in [1.54, 1.807) is 0 Å². The molecule has 2 fully saturated rings. The Morgan fingerprint density at radius 1 is 1.20 bits per heavy atom. The van der Waals surface area contributed by atoms with Crippen molar-refractivity contribution in [1.29, 1.82) is 0 Å². The second kappa shape index (κ2) is 6.87. The van der Waals surface area contributed by atoms with Gasteiger partial charge in [0, 0.05) is 45.3 Å². The van der Waals surface area contributed by atoms with Crippen molar-refractivity contribution in [3.63, 3.8) is 0 Å². The van der Waals surface area contributed by atoms with Crippen molar-refractivity contribution < 1.29 is 4.79 Å². The lowest BCUT2D eigenvalue weighted by Gasteiger charge is -2.37. The van der Waals surface area contributed by atoms with Crippen LogP contribution in [0.3, 0.4) is 0 Å². The van der Waals surface area contributed by atoms with E-state index in [1.807, 2.05) is 18.7 Å². The molecule has 2 aliphatic rings. The van der Waals surface area contributed by atoms with Crippen LogP contribution >= 0.6 is 0 Å². The van der Waals surface area contributed by atoms with Crippen LogP contribution in [0.4, 0.5) is 0 Å². The fourth-order valence-electron chi connectivity index (χ4n) is 3.18. The minimum Gasteiger partial charge on any atom is -0.340 e. The second-order valence-corrected chi connectivity index (χ2v) is 6.47. The number of likely N-dealkylation sites (tertiary alicyclic amines) is 1. The molecule has 0 aromatic carbocycles. The number of piperazine rings is 1. The first kappa shape index (κ1) is 15.7. The number of likely N-dealkylation sites (N-methyl/N-ethyl adjacent to an activating group) is 1. The molecule has 2 heterocycles. The SMILES string of the molecule is CCN1CCN(C2CCN(C(=O)[C@@H](N)C(C)C)C2)CC1. The molecule has 0 aliphatic carbocycles. The Labute approximate surface area is 123 Å². The molecule has 2 rings (SSSR count). The van der Waals surface area contributed by atoms with Gasteiger partial charge in [0.15, 0.2) is 0 Å². The van der Waals surface area contributed by atoms with Crippen molar-refractivity contribution in [1.82, 2.24) is 14.7 Å². The average molecular weight is 282 g/mol. The maximum atomic E-state index is 12.3. The second-order valence-electron chi connectivity index (χ2n) is 6.47. The van der Waals surface area contributed by atoms with Crippen molar-refractivity contribution in [2.75, 3.05) is 45.8 Å². The van der Waals surface area contributed by atoms with Gasteiger partial charge in [-0.15, -0.1) is 0 Å². The molecule has 2 saturated heterocycles. The summed E-state index contributed by atoms with van der Waals surface area (Å²) in [7, 11) is 0. The molecule has 2 atom stereocenters. The van der Waals surface area contributed by atoms with Crippen LogP contribution in [0.2, 0.25) is 0 Å². The highest BCUT2D eigenvalue weighted by molar-refractivity contribution is 5.82. The molecule has 1 amide bonds. The van der Waals surface area contributed by atoms with E-state index in [4.69, 9.17) is 5.73 Å².